The number of benzene rings is 1. The molecule has 0 atom stereocenters. The van der Waals surface area contributed by atoms with E-state index in [-0.39, 0.29) is 5.78 Å². The van der Waals surface area contributed by atoms with E-state index >= 15 is 0 Å². The highest BCUT2D eigenvalue weighted by Gasteiger charge is 2.05. The molecule has 88 valence electrons. The minimum atomic E-state index is 0.0678. The molecule has 4 nitrogen and oxygen atoms in total. The Morgan fingerprint density at radius 1 is 1.22 bits per heavy atom. The molecule has 0 aliphatic carbocycles. The minimum Gasteiger partial charge on any atom is -0.295 e. The second-order valence-corrected chi connectivity index (χ2v) is 4.09. The van der Waals surface area contributed by atoms with E-state index in [1.54, 1.807) is 13.1 Å². The molecule has 0 aliphatic heterocycles. The zero-order valence-corrected chi connectivity index (χ0v) is 9.87. The van der Waals surface area contributed by atoms with Crippen molar-refractivity contribution in [1.29, 1.82) is 0 Å². The molecule has 0 bridgehead atoms. The lowest BCUT2D eigenvalue weighted by Crippen LogP contribution is -1.90. The van der Waals surface area contributed by atoms with E-state index in [1.807, 2.05) is 47.1 Å². The first-order valence-corrected chi connectivity index (χ1v) is 5.65. The molecule has 18 heavy (non-hydrogen) atoms. The third kappa shape index (κ3) is 1.78. The fourth-order valence-electron chi connectivity index (χ4n) is 1.84. The summed E-state index contributed by atoms with van der Waals surface area (Å²) >= 11 is 0. The van der Waals surface area contributed by atoms with Crippen molar-refractivity contribution < 1.29 is 4.79 Å². The van der Waals surface area contributed by atoms with E-state index < -0.39 is 0 Å². The monoisotopic (exact) mass is 237 g/mol. The van der Waals surface area contributed by atoms with Gasteiger partial charge in [0.1, 0.15) is 0 Å². The highest BCUT2D eigenvalue weighted by Crippen LogP contribution is 2.19. The van der Waals surface area contributed by atoms with E-state index in [2.05, 4.69) is 9.97 Å². The Kier molecular flexibility index (Phi) is 2.41. The van der Waals surface area contributed by atoms with Crippen molar-refractivity contribution in [1.82, 2.24) is 14.4 Å². The minimum absolute atomic E-state index is 0.0678. The summed E-state index contributed by atoms with van der Waals surface area (Å²) in [4.78, 5) is 19.8. The highest BCUT2D eigenvalue weighted by molar-refractivity contribution is 5.94. The Balaban J connectivity index is 2.06. The standard InChI is InChI=1S/C14H11N3O/c1-10(18)11-3-5-12(6-4-11)13-9-17-8-2-7-15-14(17)16-13/h2-9H,1H3. The molecule has 2 aromatic heterocycles. The quantitative estimate of drug-likeness (QED) is 0.643. The maximum Gasteiger partial charge on any atom is 0.234 e. The molecule has 0 saturated carbocycles. The van der Waals surface area contributed by atoms with Crippen LogP contribution in [0.5, 0.6) is 0 Å². The lowest BCUT2D eigenvalue weighted by atomic mass is 10.1. The van der Waals surface area contributed by atoms with Gasteiger partial charge in [-0.25, -0.2) is 9.97 Å². The lowest BCUT2D eigenvalue weighted by molar-refractivity contribution is 0.101. The third-order valence-electron chi connectivity index (χ3n) is 2.82. The van der Waals surface area contributed by atoms with E-state index in [0.717, 1.165) is 11.3 Å². The molecule has 0 N–H and O–H groups in total. The number of aromatic nitrogens is 3. The summed E-state index contributed by atoms with van der Waals surface area (Å²) in [6.07, 6.45) is 5.54. The van der Waals surface area contributed by atoms with Gasteiger partial charge in [0, 0.05) is 29.7 Å². The third-order valence-corrected chi connectivity index (χ3v) is 2.82. The number of carbonyl (C=O) groups excluding carboxylic acids is 1. The van der Waals surface area contributed by atoms with Gasteiger partial charge in [-0.2, -0.15) is 0 Å². The largest absolute Gasteiger partial charge is 0.295 e. The Bertz CT molecular complexity index is 680. The van der Waals surface area contributed by atoms with Crippen LogP contribution in [0.15, 0.2) is 48.9 Å². The highest BCUT2D eigenvalue weighted by atomic mass is 16.1. The summed E-state index contributed by atoms with van der Waals surface area (Å²) in [5.74, 6) is 0.737. The van der Waals surface area contributed by atoms with Crippen LogP contribution in [0.4, 0.5) is 0 Å². The molecule has 0 unspecified atom stereocenters. The molecule has 0 saturated heterocycles. The SMILES string of the molecule is CC(=O)c1ccc(-c2cn3cccnc3n2)cc1. The maximum atomic E-state index is 11.2. The van der Waals surface area contributed by atoms with Gasteiger partial charge in [-0.3, -0.25) is 9.20 Å². The zero-order valence-electron chi connectivity index (χ0n) is 9.87. The van der Waals surface area contributed by atoms with Gasteiger partial charge in [0.2, 0.25) is 5.78 Å². The molecule has 0 spiro atoms. The van der Waals surface area contributed by atoms with Gasteiger partial charge in [-0.05, 0) is 13.0 Å². The van der Waals surface area contributed by atoms with Crippen LogP contribution in [0, 0.1) is 0 Å². The summed E-state index contributed by atoms with van der Waals surface area (Å²) in [5.41, 5.74) is 2.54. The molecule has 3 rings (SSSR count). The first-order valence-electron chi connectivity index (χ1n) is 5.65. The molecule has 0 radical (unpaired) electrons. The van der Waals surface area contributed by atoms with Gasteiger partial charge in [0.05, 0.1) is 5.69 Å². The number of fused-ring (bicyclic) bond motifs is 1. The summed E-state index contributed by atoms with van der Waals surface area (Å²) in [5, 5.41) is 0. The van der Waals surface area contributed by atoms with Crippen molar-refractivity contribution in [3.05, 3.63) is 54.5 Å². The van der Waals surface area contributed by atoms with Crippen LogP contribution in [0.25, 0.3) is 17.0 Å². The summed E-state index contributed by atoms with van der Waals surface area (Å²) < 4.78 is 1.87. The molecule has 0 aliphatic rings. The second-order valence-electron chi connectivity index (χ2n) is 4.09. The van der Waals surface area contributed by atoms with Gasteiger partial charge in [-0.1, -0.05) is 24.3 Å². The van der Waals surface area contributed by atoms with Crippen molar-refractivity contribution in [2.45, 2.75) is 6.92 Å². The van der Waals surface area contributed by atoms with E-state index in [4.69, 9.17) is 0 Å². The van der Waals surface area contributed by atoms with Crippen LogP contribution in [0.2, 0.25) is 0 Å². The molecule has 2 heterocycles. The zero-order chi connectivity index (χ0) is 12.5. The van der Waals surface area contributed by atoms with Gasteiger partial charge in [-0.15, -0.1) is 0 Å². The molecular formula is C14H11N3O. The van der Waals surface area contributed by atoms with Crippen molar-refractivity contribution >= 4 is 11.6 Å². The smallest absolute Gasteiger partial charge is 0.234 e. The average molecular weight is 237 g/mol. The molecule has 4 heteroatoms. The van der Waals surface area contributed by atoms with Crippen molar-refractivity contribution in [2.24, 2.45) is 0 Å². The van der Waals surface area contributed by atoms with Crippen molar-refractivity contribution in [3.8, 4) is 11.3 Å². The van der Waals surface area contributed by atoms with E-state index in [1.165, 1.54) is 0 Å². The van der Waals surface area contributed by atoms with Crippen LogP contribution in [0.3, 0.4) is 0 Å². The molecule has 3 aromatic rings. The normalized spacial score (nSPS) is 10.7. The number of rotatable bonds is 2. The number of Topliss-reactive ketones (excluding diaryl/α,β-unsaturated/α-hetero) is 1. The average Bonchev–Trinajstić information content (AvgIpc) is 2.82. The summed E-state index contributed by atoms with van der Waals surface area (Å²) in [6, 6.07) is 9.29. The van der Waals surface area contributed by atoms with Crippen molar-refractivity contribution in [3.63, 3.8) is 0 Å². The first kappa shape index (κ1) is 10.7. The Morgan fingerprint density at radius 3 is 2.67 bits per heavy atom. The summed E-state index contributed by atoms with van der Waals surface area (Å²) in [7, 11) is 0. The molecule has 0 fully saturated rings. The van der Waals surface area contributed by atoms with Crippen LogP contribution >= 0.6 is 0 Å². The van der Waals surface area contributed by atoms with E-state index in [0.29, 0.717) is 11.3 Å². The Labute approximate surface area is 104 Å². The molecular weight excluding hydrogens is 226 g/mol. The molecule has 1 aromatic carbocycles. The topological polar surface area (TPSA) is 47.3 Å². The fourth-order valence-corrected chi connectivity index (χ4v) is 1.84. The van der Waals surface area contributed by atoms with Gasteiger partial charge >= 0.3 is 0 Å². The van der Waals surface area contributed by atoms with E-state index in [9.17, 15) is 4.79 Å². The Hall–Kier alpha value is -2.49. The van der Waals surface area contributed by atoms with Gasteiger partial charge in [0.25, 0.3) is 0 Å². The van der Waals surface area contributed by atoms with Crippen LogP contribution in [-0.2, 0) is 0 Å². The number of hydrogen-bond donors (Lipinski definition) is 0. The predicted molar refractivity (Wildman–Crippen MR) is 68.4 cm³/mol. The molecule has 0 amide bonds. The van der Waals surface area contributed by atoms with Gasteiger partial charge in [0.15, 0.2) is 5.78 Å². The maximum absolute atomic E-state index is 11.2. The number of hydrogen-bond acceptors (Lipinski definition) is 3. The predicted octanol–water partition coefficient (Wildman–Crippen LogP) is 2.60. The number of nitrogens with zero attached hydrogens (tertiary/aromatic N) is 3. The summed E-state index contributed by atoms with van der Waals surface area (Å²) in [6.45, 7) is 1.56. The number of ketones is 1. The lowest BCUT2D eigenvalue weighted by Gasteiger charge is -1.98. The van der Waals surface area contributed by atoms with Crippen molar-refractivity contribution in [2.75, 3.05) is 0 Å². The fraction of sp³-hybridized carbons (Fsp3) is 0.0714. The second kappa shape index (κ2) is 4.07. The van der Waals surface area contributed by atoms with Crippen LogP contribution < -0.4 is 0 Å². The Morgan fingerprint density at radius 2 is 2.00 bits per heavy atom. The van der Waals surface area contributed by atoms with Crippen LogP contribution in [-0.4, -0.2) is 20.2 Å². The number of carbonyl (C=O) groups is 1. The first-order chi connectivity index (χ1) is 8.74. The number of imidazole rings is 1. The van der Waals surface area contributed by atoms with Gasteiger partial charge < -0.3 is 0 Å². The van der Waals surface area contributed by atoms with Crippen LogP contribution in [0.1, 0.15) is 17.3 Å².